The van der Waals surface area contributed by atoms with E-state index in [4.69, 9.17) is 4.74 Å². The Labute approximate surface area is 196 Å². The van der Waals surface area contributed by atoms with Crippen molar-refractivity contribution in [1.82, 2.24) is 10.2 Å². The van der Waals surface area contributed by atoms with Gasteiger partial charge in [0.05, 0.1) is 23.1 Å². The van der Waals surface area contributed by atoms with E-state index in [2.05, 4.69) is 10.6 Å². The number of non-ortho nitro benzene ring substituents is 1. The quantitative estimate of drug-likeness (QED) is 0.341. The normalized spacial score (nSPS) is 15.6. The molecule has 1 aliphatic heterocycles. The summed E-state index contributed by atoms with van der Waals surface area (Å²) in [5.41, 5.74) is 1.74. The van der Waals surface area contributed by atoms with Crippen LogP contribution in [0.2, 0.25) is 0 Å². The number of esters is 1. The molecule has 0 saturated carbocycles. The number of nitrogens with one attached hydrogen (secondary N) is 2. The molecule has 0 saturated heterocycles. The van der Waals surface area contributed by atoms with Gasteiger partial charge in [0.15, 0.2) is 0 Å². The molecule has 2 aromatic rings. The lowest BCUT2D eigenvalue weighted by molar-refractivity contribution is -0.384. The van der Waals surface area contributed by atoms with E-state index in [0.29, 0.717) is 35.5 Å². The van der Waals surface area contributed by atoms with Gasteiger partial charge in [-0.25, -0.2) is 9.59 Å². The monoisotopic (exact) mass is 466 g/mol. The molecule has 0 radical (unpaired) electrons. The summed E-state index contributed by atoms with van der Waals surface area (Å²) < 4.78 is 5.25. The lowest BCUT2D eigenvalue weighted by Gasteiger charge is -2.35. The predicted molar refractivity (Wildman–Crippen MR) is 125 cm³/mol. The molecule has 0 spiro atoms. The molecule has 2 N–H and O–H groups in total. The van der Waals surface area contributed by atoms with Crippen LogP contribution in [0.25, 0.3) is 0 Å². The predicted octanol–water partition coefficient (Wildman–Crippen LogP) is 4.16. The number of hydrogen-bond donors (Lipinski definition) is 2. The first-order valence-electron chi connectivity index (χ1n) is 10.9. The third-order valence-corrected chi connectivity index (χ3v) is 5.34. The number of benzene rings is 2. The average molecular weight is 466 g/mol. The van der Waals surface area contributed by atoms with Crippen molar-refractivity contribution in [3.63, 3.8) is 0 Å². The van der Waals surface area contributed by atoms with Gasteiger partial charge in [0.25, 0.3) is 11.6 Å². The Hall–Kier alpha value is -4.21. The fourth-order valence-electron chi connectivity index (χ4n) is 3.76. The summed E-state index contributed by atoms with van der Waals surface area (Å²) in [5, 5.41) is 16.6. The number of nitrogens with zero attached hydrogens (tertiary/aromatic N) is 2. The van der Waals surface area contributed by atoms with Crippen LogP contribution in [0, 0.1) is 10.1 Å². The highest BCUT2D eigenvalue weighted by Crippen LogP contribution is 2.32. The van der Waals surface area contributed by atoms with E-state index in [0.717, 1.165) is 0 Å². The minimum Gasteiger partial charge on any atom is -0.463 e. The Morgan fingerprint density at radius 3 is 2.59 bits per heavy atom. The second-order valence-corrected chi connectivity index (χ2v) is 7.64. The molecule has 3 rings (SSSR count). The number of hydrogen-bond acceptors (Lipinski definition) is 6. The van der Waals surface area contributed by atoms with Crippen molar-refractivity contribution in [2.75, 3.05) is 18.5 Å². The molecule has 1 atom stereocenters. The SMILES string of the molecule is CCCN1C(=O)NC(c2cccc(NC(=O)c3cccc([N+](=O)[O-])c3)c2)C(C(=O)OCC)=C1C. The van der Waals surface area contributed by atoms with Crippen molar-refractivity contribution in [1.29, 1.82) is 0 Å². The van der Waals surface area contributed by atoms with Gasteiger partial charge in [-0.3, -0.25) is 19.8 Å². The van der Waals surface area contributed by atoms with Gasteiger partial charge in [-0.1, -0.05) is 25.1 Å². The second kappa shape index (κ2) is 10.6. The molecule has 0 aliphatic carbocycles. The largest absolute Gasteiger partial charge is 0.463 e. The zero-order valence-corrected chi connectivity index (χ0v) is 19.2. The molecule has 0 aromatic heterocycles. The molecule has 178 valence electrons. The first-order valence-corrected chi connectivity index (χ1v) is 10.9. The van der Waals surface area contributed by atoms with Crippen molar-refractivity contribution in [2.24, 2.45) is 0 Å². The van der Waals surface area contributed by atoms with Gasteiger partial charge in [-0.15, -0.1) is 0 Å². The molecule has 1 unspecified atom stereocenters. The topological polar surface area (TPSA) is 131 Å². The maximum absolute atomic E-state index is 12.8. The minimum atomic E-state index is -0.769. The number of allylic oxidation sites excluding steroid dienone is 1. The Balaban J connectivity index is 1.93. The van der Waals surface area contributed by atoms with Crippen LogP contribution in [0.1, 0.15) is 49.2 Å². The van der Waals surface area contributed by atoms with Crippen LogP contribution in [0.15, 0.2) is 59.8 Å². The van der Waals surface area contributed by atoms with Crippen molar-refractivity contribution < 1.29 is 24.0 Å². The zero-order valence-electron chi connectivity index (χ0n) is 19.2. The molecular weight excluding hydrogens is 440 g/mol. The van der Waals surface area contributed by atoms with Crippen molar-refractivity contribution in [3.8, 4) is 0 Å². The number of anilines is 1. The second-order valence-electron chi connectivity index (χ2n) is 7.64. The van der Waals surface area contributed by atoms with Gasteiger partial charge in [-0.2, -0.15) is 0 Å². The molecule has 0 fully saturated rings. The highest BCUT2D eigenvalue weighted by molar-refractivity contribution is 6.04. The van der Waals surface area contributed by atoms with E-state index < -0.39 is 22.8 Å². The van der Waals surface area contributed by atoms with Crippen LogP contribution >= 0.6 is 0 Å². The molecule has 10 heteroatoms. The number of carbonyl (C=O) groups is 3. The summed E-state index contributed by atoms with van der Waals surface area (Å²) in [5.74, 6) is -1.06. The van der Waals surface area contributed by atoms with E-state index in [1.54, 1.807) is 38.1 Å². The third kappa shape index (κ3) is 5.22. The number of amides is 3. The van der Waals surface area contributed by atoms with E-state index in [1.807, 2.05) is 6.92 Å². The molecule has 0 bridgehead atoms. The standard InChI is InChI=1S/C24H26N4O6/c1-4-12-27-15(3)20(23(30)34-5-2)21(26-24(27)31)16-8-6-10-18(13-16)25-22(29)17-9-7-11-19(14-17)28(32)33/h6-11,13-14,21H,4-5,12H2,1-3H3,(H,25,29)(H,26,31). The third-order valence-electron chi connectivity index (χ3n) is 5.34. The van der Waals surface area contributed by atoms with Crippen LogP contribution in [0.5, 0.6) is 0 Å². The molecule has 1 heterocycles. The van der Waals surface area contributed by atoms with Crippen LogP contribution in [-0.4, -0.2) is 40.9 Å². The first-order chi connectivity index (χ1) is 16.3. The highest BCUT2D eigenvalue weighted by Gasteiger charge is 2.36. The van der Waals surface area contributed by atoms with Gasteiger partial charge < -0.3 is 15.4 Å². The van der Waals surface area contributed by atoms with Crippen LogP contribution < -0.4 is 10.6 Å². The molecule has 1 aliphatic rings. The summed E-state index contributed by atoms with van der Waals surface area (Å²) >= 11 is 0. The van der Waals surface area contributed by atoms with E-state index in [-0.39, 0.29) is 23.9 Å². The molecule has 3 amide bonds. The van der Waals surface area contributed by atoms with Gasteiger partial charge in [0.1, 0.15) is 0 Å². The summed E-state index contributed by atoms with van der Waals surface area (Å²) in [4.78, 5) is 50.1. The number of urea groups is 1. The lowest BCUT2D eigenvalue weighted by Crippen LogP contribution is -2.48. The van der Waals surface area contributed by atoms with E-state index in [9.17, 15) is 24.5 Å². The molecule has 34 heavy (non-hydrogen) atoms. The van der Waals surface area contributed by atoms with Gasteiger partial charge >= 0.3 is 12.0 Å². The molecular formula is C24H26N4O6. The van der Waals surface area contributed by atoms with E-state index >= 15 is 0 Å². The lowest BCUT2D eigenvalue weighted by atomic mass is 9.94. The van der Waals surface area contributed by atoms with Crippen LogP contribution in [0.3, 0.4) is 0 Å². The average Bonchev–Trinajstić information content (AvgIpc) is 2.81. The first kappa shape index (κ1) is 24.4. The zero-order chi connectivity index (χ0) is 24.8. The fourth-order valence-corrected chi connectivity index (χ4v) is 3.76. The fraction of sp³-hybridized carbons (Fsp3) is 0.292. The van der Waals surface area contributed by atoms with Crippen molar-refractivity contribution >= 4 is 29.3 Å². The van der Waals surface area contributed by atoms with Gasteiger partial charge in [-0.05, 0) is 44.0 Å². The maximum atomic E-state index is 12.8. The minimum absolute atomic E-state index is 0.128. The number of rotatable bonds is 8. The molecule has 10 nitrogen and oxygen atoms in total. The number of nitro benzene ring substituents is 1. The summed E-state index contributed by atoms with van der Waals surface area (Å²) in [7, 11) is 0. The van der Waals surface area contributed by atoms with E-state index in [1.165, 1.54) is 29.2 Å². The van der Waals surface area contributed by atoms with Gasteiger partial charge in [0.2, 0.25) is 0 Å². The summed E-state index contributed by atoms with van der Waals surface area (Å²) in [6, 6.07) is 11.0. The Bertz CT molecular complexity index is 1160. The number of carbonyl (C=O) groups excluding carboxylic acids is 3. The Morgan fingerprint density at radius 2 is 1.91 bits per heavy atom. The van der Waals surface area contributed by atoms with Crippen LogP contribution in [0.4, 0.5) is 16.2 Å². The smallest absolute Gasteiger partial charge is 0.338 e. The number of nitro groups is 1. The molecule has 2 aromatic carbocycles. The highest BCUT2D eigenvalue weighted by atomic mass is 16.6. The van der Waals surface area contributed by atoms with Crippen LogP contribution in [-0.2, 0) is 9.53 Å². The van der Waals surface area contributed by atoms with Crippen molar-refractivity contribution in [3.05, 3.63) is 81.0 Å². The maximum Gasteiger partial charge on any atom is 0.338 e. The van der Waals surface area contributed by atoms with Gasteiger partial charge in [0, 0.05) is 35.6 Å². The number of ether oxygens (including phenoxy) is 1. The summed E-state index contributed by atoms with van der Waals surface area (Å²) in [6.45, 7) is 5.99. The summed E-state index contributed by atoms with van der Waals surface area (Å²) in [6.07, 6.45) is 0.713. The Kier molecular flexibility index (Phi) is 7.62. The van der Waals surface area contributed by atoms with Crippen molar-refractivity contribution in [2.45, 2.75) is 33.2 Å². The Morgan fingerprint density at radius 1 is 1.18 bits per heavy atom.